The van der Waals surface area contributed by atoms with Gasteiger partial charge in [-0.05, 0) is 36.6 Å². The van der Waals surface area contributed by atoms with E-state index in [0.29, 0.717) is 28.7 Å². The number of halogens is 2. The second kappa shape index (κ2) is 6.39. The summed E-state index contributed by atoms with van der Waals surface area (Å²) in [6.45, 7) is 2.03. The number of nitrogens with zero attached hydrogens (tertiary/aromatic N) is 4. The molecule has 0 spiro atoms. The molecule has 0 saturated carbocycles. The van der Waals surface area contributed by atoms with Crippen molar-refractivity contribution in [2.45, 2.75) is 32.4 Å². The Bertz CT molecular complexity index is 1050. The summed E-state index contributed by atoms with van der Waals surface area (Å²) in [5.74, 6) is -0.0463. The molecule has 0 saturated heterocycles. The lowest BCUT2D eigenvalue weighted by atomic mass is 10.0. The van der Waals surface area contributed by atoms with Gasteiger partial charge in [-0.25, -0.2) is 0 Å². The summed E-state index contributed by atoms with van der Waals surface area (Å²) in [5, 5.41) is 13.1. The topological polar surface area (TPSA) is 66.8 Å². The molecule has 8 heteroatoms. The van der Waals surface area contributed by atoms with E-state index in [-0.39, 0.29) is 5.91 Å². The Kier molecular flexibility index (Phi) is 3.98. The molecule has 2 aliphatic heterocycles. The molecule has 0 unspecified atom stereocenters. The van der Waals surface area contributed by atoms with Crippen molar-refractivity contribution in [2.75, 3.05) is 6.54 Å². The van der Waals surface area contributed by atoms with Gasteiger partial charge in [0.05, 0.1) is 28.0 Å². The Morgan fingerprint density at radius 1 is 1.15 bits per heavy atom. The van der Waals surface area contributed by atoms with Crippen molar-refractivity contribution < 1.29 is 4.79 Å². The lowest BCUT2D eigenvalue weighted by Crippen LogP contribution is -2.36. The third kappa shape index (κ3) is 2.75. The van der Waals surface area contributed by atoms with Crippen LogP contribution in [-0.2, 0) is 25.9 Å². The van der Waals surface area contributed by atoms with Crippen molar-refractivity contribution in [3.8, 4) is 11.4 Å². The van der Waals surface area contributed by atoms with Crippen molar-refractivity contribution in [1.82, 2.24) is 24.9 Å². The molecule has 2 aromatic heterocycles. The molecule has 0 aliphatic carbocycles. The van der Waals surface area contributed by atoms with Crippen LogP contribution in [0.5, 0.6) is 0 Å². The van der Waals surface area contributed by atoms with E-state index in [9.17, 15) is 4.79 Å². The zero-order valence-corrected chi connectivity index (χ0v) is 16.0. The lowest BCUT2D eigenvalue weighted by Gasteiger charge is -2.27. The van der Waals surface area contributed by atoms with E-state index < -0.39 is 0 Å². The number of hydrogen-bond acceptors (Lipinski definition) is 3. The third-order valence-corrected chi connectivity index (χ3v) is 6.05. The van der Waals surface area contributed by atoms with Crippen LogP contribution in [0.3, 0.4) is 0 Å². The van der Waals surface area contributed by atoms with Gasteiger partial charge >= 0.3 is 0 Å². The Morgan fingerprint density at radius 2 is 2.04 bits per heavy atom. The summed E-state index contributed by atoms with van der Waals surface area (Å²) in [4.78, 5) is 14.9. The van der Waals surface area contributed by atoms with Gasteiger partial charge in [0.1, 0.15) is 5.69 Å². The third-order valence-electron chi connectivity index (χ3n) is 5.31. The number of aryl methyl sites for hydroxylation is 2. The van der Waals surface area contributed by atoms with E-state index in [4.69, 9.17) is 28.3 Å². The van der Waals surface area contributed by atoms with Crippen LogP contribution in [0.4, 0.5) is 0 Å². The fourth-order valence-electron chi connectivity index (χ4n) is 3.97. The van der Waals surface area contributed by atoms with Crippen LogP contribution in [0.1, 0.15) is 33.6 Å². The van der Waals surface area contributed by atoms with Crippen molar-refractivity contribution in [3.63, 3.8) is 0 Å². The molecule has 4 heterocycles. The molecule has 1 N–H and O–H groups in total. The van der Waals surface area contributed by atoms with Gasteiger partial charge in [0.15, 0.2) is 0 Å². The van der Waals surface area contributed by atoms with Crippen molar-refractivity contribution in [3.05, 3.63) is 56.8 Å². The van der Waals surface area contributed by atoms with E-state index in [1.54, 1.807) is 18.2 Å². The van der Waals surface area contributed by atoms with Gasteiger partial charge in [-0.3, -0.25) is 14.6 Å². The molecule has 0 radical (unpaired) electrons. The molecule has 0 atom stereocenters. The molecule has 3 aromatic rings. The zero-order valence-electron chi connectivity index (χ0n) is 14.5. The molecule has 1 aromatic carbocycles. The fourth-order valence-corrected chi connectivity index (χ4v) is 4.27. The second-order valence-corrected chi connectivity index (χ2v) is 7.78. The van der Waals surface area contributed by atoms with E-state index in [1.807, 2.05) is 11.1 Å². The Balaban J connectivity index is 1.51. The van der Waals surface area contributed by atoms with Gasteiger partial charge in [-0.2, -0.15) is 10.2 Å². The van der Waals surface area contributed by atoms with Crippen LogP contribution in [0.2, 0.25) is 10.0 Å². The second-order valence-electron chi connectivity index (χ2n) is 6.97. The van der Waals surface area contributed by atoms with E-state index in [0.717, 1.165) is 48.5 Å². The number of aromatic amines is 1. The van der Waals surface area contributed by atoms with Crippen molar-refractivity contribution in [1.29, 1.82) is 0 Å². The molecule has 27 heavy (non-hydrogen) atoms. The Hall–Kier alpha value is -2.31. The van der Waals surface area contributed by atoms with Gasteiger partial charge < -0.3 is 4.90 Å². The van der Waals surface area contributed by atoms with Gasteiger partial charge in [-0.1, -0.05) is 23.2 Å². The summed E-state index contributed by atoms with van der Waals surface area (Å²) < 4.78 is 2.06. The first-order valence-corrected chi connectivity index (χ1v) is 9.73. The quantitative estimate of drug-likeness (QED) is 0.675. The van der Waals surface area contributed by atoms with E-state index in [1.165, 1.54) is 5.56 Å². The first kappa shape index (κ1) is 16.8. The standard InChI is InChI=1S/C19H17Cl2N5O/c20-14-4-3-11(8-15(14)21)19(27)25-7-5-16-13(10-25)18-17-12(9-22-23-17)2-1-6-26(18)24-16/h3-4,8-9H,1-2,5-7,10H2,(H,22,23). The molecule has 0 fully saturated rings. The molecule has 0 bridgehead atoms. The summed E-state index contributed by atoms with van der Waals surface area (Å²) in [7, 11) is 0. The number of carbonyl (C=O) groups excluding carboxylic acids is 1. The smallest absolute Gasteiger partial charge is 0.254 e. The first-order valence-electron chi connectivity index (χ1n) is 8.97. The molecule has 2 aliphatic rings. The number of aromatic nitrogens is 4. The van der Waals surface area contributed by atoms with Gasteiger partial charge in [0.25, 0.3) is 5.91 Å². The average molecular weight is 402 g/mol. The Labute approximate surface area is 166 Å². The van der Waals surface area contributed by atoms with Crippen LogP contribution in [-0.4, -0.2) is 37.3 Å². The van der Waals surface area contributed by atoms with Gasteiger partial charge in [0.2, 0.25) is 0 Å². The summed E-state index contributed by atoms with van der Waals surface area (Å²) >= 11 is 12.1. The fraction of sp³-hybridized carbons (Fsp3) is 0.316. The normalized spacial score (nSPS) is 15.7. The highest BCUT2D eigenvalue weighted by molar-refractivity contribution is 6.42. The molecular weight excluding hydrogens is 385 g/mol. The maximum absolute atomic E-state index is 13.0. The van der Waals surface area contributed by atoms with Gasteiger partial charge in [0, 0.05) is 36.8 Å². The summed E-state index contributed by atoms with van der Waals surface area (Å²) in [6.07, 6.45) is 4.72. The first-order chi connectivity index (χ1) is 13.1. The SMILES string of the molecule is O=C(c1ccc(Cl)c(Cl)c1)N1CCc2nn3c(c2C1)-c1n[nH]cc1CCC3. The molecule has 138 valence electrons. The predicted molar refractivity (Wildman–Crippen MR) is 103 cm³/mol. The average Bonchev–Trinajstić information content (AvgIpc) is 3.23. The van der Waals surface area contributed by atoms with E-state index in [2.05, 4.69) is 14.9 Å². The maximum Gasteiger partial charge on any atom is 0.254 e. The summed E-state index contributed by atoms with van der Waals surface area (Å²) in [6, 6.07) is 5.01. The molecule has 5 rings (SSSR count). The van der Waals surface area contributed by atoms with Crippen molar-refractivity contribution in [2.24, 2.45) is 0 Å². The minimum atomic E-state index is -0.0463. The summed E-state index contributed by atoms with van der Waals surface area (Å²) in [5.41, 5.74) is 5.94. The minimum Gasteiger partial charge on any atom is -0.334 e. The largest absolute Gasteiger partial charge is 0.334 e. The molecule has 1 amide bonds. The maximum atomic E-state index is 13.0. The van der Waals surface area contributed by atoms with Crippen LogP contribution >= 0.6 is 23.2 Å². The number of benzene rings is 1. The lowest BCUT2D eigenvalue weighted by molar-refractivity contribution is 0.0734. The highest BCUT2D eigenvalue weighted by Crippen LogP contribution is 2.34. The number of carbonyl (C=O) groups is 1. The monoisotopic (exact) mass is 401 g/mol. The number of fused-ring (bicyclic) bond motifs is 5. The zero-order chi connectivity index (χ0) is 18.5. The molecule has 6 nitrogen and oxygen atoms in total. The predicted octanol–water partition coefficient (Wildman–Crippen LogP) is 3.72. The van der Waals surface area contributed by atoms with Crippen LogP contribution in [0.25, 0.3) is 11.4 Å². The number of H-pyrrole nitrogens is 1. The van der Waals surface area contributed by atoms with Gasteiger partial charge in [-0.15, -0.1) is 0 Å². The Morgan fingerprint density at radius 3 is 2.89 bits per heavy atom. The van der Waals surface area contributed by atoms with Crippen LogP contribution in [0.15, 0.2) is 24.4 Å². The van der Waals surface area contributed by atoms with E-state index >= 15 is 0 Å². The van der Waals surface area contributed by atoms with Crippen LogP contribution < -0.4 is 0 Å². The number of rotatable bonds is 1. The minimum absolute atomic E-state index is 0.0463. The number of nitrogens with one attached hydrogen (secondary N) is 1. The van der Waals surface area contributed by atoms with Crippen molar-refractivity contribution >= 4 is 29.1 Å². The van der Waals surface area contributed by atoms with Crippen LogP contribution in [0, 0.1) is 0 Å². The highest BCUT2D eigenvalue weighted by atomic mass is 35.5. The highest BCUT2D eigenvalue weighted by Gasteiger charge is 2.31. The number of amides is 1. The molecular formula is C19H17Cl2N5O. The number of hydrogen-bond donors (Lipinski definition) is 1.